The first-order valence-electron chi connectivity index (χ1n) is 14.2. The van der Waals surface area contributed by atoms with Gasteiger partial charge in [-0.3, -0.25) is 9.59 Å². The number of benzene rings is 3. The summed E-state index contributed by atoms with van der Waals surface area (Å²) in [6.45, 7) is 2.89. The molecule has 0 saturated heterocycles. The van der Waals surface area contributed by atoms with Crippen LogP contribution < -0.4 is 10.0 Å². The van der Waals surface area contributed by atoms with Crippen molar-refractivity contribution in [3.8, 4) is 0 Å². The van der Waals surface area contributed by atoms with Crippen LogP contribution in [0, 0.1) is 0 Å². The largest absolute Gasteiger partial charge is 0.354 e. The molecule has 3 aromatic carbocycles. The summed E-state index contributed by atoms with van der Waals surface area (Å²) >= 11 is 6.10. The maximum atomic E-state index is 13.9. The molecule has 0 bridgehead atoms. The van der Waals surface area contributed by atoms with Gasteiger partial charge >= 0.3 is 0 Å². The van der Waals surface area contributed by atoms with E-state index in [-0.39, 0.29) is 35.7 Å². The van der Waals surface area contributed by atoms with E-state index in [4.69, 9.17) is 11.6 Å². The fourth-order valence-corrected chi connectivity index (χ4v) is 6.05. The van der Waals surface area contributed by atoms with E-state index in [0.29, 0.717) is 18.0 Å². The van der Waals surface area contributed by atoms with Gasteiger partial charge in [-0.2, -0.15) is 0 Å². The fraction of sp³-hybridized carbons (Fsp3) is 0.375. The number of hydrogen-bond acceptors (Lipinski definition) is 4. The Morgan fingerprint density at radius 1 is 0.927 bits per heavy atom. The number of unbranched alkanes of at least 4 members (excludes halogenated alkanes) is 2. The lowest BCUT2D eigenvalue weighted by Gasteiger charge is -2.32. The van der Waals surface area contributed by atoms with E-state index >= 15 is 0 Å². The van der Waals surface area contributed by atoms with Crippen molar-refractivity contribution in [1.82, 2.24) is 14.9 Å². The van der Waals surface area contributed by atoms with Gasteiger partial charge in [0.05, 0.1) is 4.90 Å². The molecule has 9 heteroatoms. The van der Waals surface area contributed by atoms with E-state index in [0.717, 1.165) is 48.8 Å². The first kappa shape index (κ1) is 30.8. The van der Waals surface area contributed by atoms with Gasteiger partial charge in [-0.1, -0.05) is 86.0 Å². The Morgan fingerprint density at radius 2 is 1.59 bits per heavy atom. The van der Waals surface area contributed by atoms with Crippen LogP contribution in [0.2, 0.25) is 5.02 Å². The third kappa shape index (κ3) is 9.15. The number of sulfonamides is 1. The van der Waals surface area contributed by atoms with E-state index < -0.39 is 16.1 Å². The highest BCUT2D eigenvalue weighted by Gasteiger charge is 2.31. The minimum Gasteiger partial charge on any atom is -0.354 e. The summed E-state index contributed by atoms with van der Waals surface area (Å²) in [5, 5.41) is 3.64. The molecule has 1 saturated carbocycles. The molecule has 7 nitrogen and oxygen atoms in total. The number of rotatable bonds is 15. The number of carbonyl (C=O) groups is 2. The number of aryl methyl sites for hydroxylation is 1. The summed E-state index contributed by atoms with van der Waals surface area (Å²) in [6, 6.07) is 22.5. The molecule has 41 heavy (non-hydrogen) atoms. The summed E-state index contributed by atoms with van der Waals surface area (Å²) in [5.74, 6) is -0.392. The zero-order valence-electron chi connectivity index (χ0n) is 23.4. The predicted octanol–water partition coefficient (Wildman–Crippen LogP) is 5.79. The quantitative estimate of drug-likeness (QED) is 0.217. The Hall–Kier alpha value is -3.20. The number of hydrogen-bond donors (Lipinski definition) is 2. The van der Waals surface area contributed by atoms with E-state index in [1.54, 1.807) is 41.3 Å². The van der Waals surface area contributed by atoms with Crippen LogP contribution in [0.5, 0.6) is 0 Å². The maximum Gasteiger partial charge on any atom is 0.247 e. The van der Waals surface area contributed by atoms with Crippen molar-refractivity contribution < 1.29 is 18.0 Å². The van der Waals surface area contributed by atoms with Gasteiger partial charge in [0.1, 0.15) is 6.04 Å². The van der Waals surface area contributed by atoms with Crippen molar-refractivity contribution in [1.29, 1.82) is 0 Å². The van der Waals surface area contributed by atoms with E-state index in [1.807, 2.05) is 42.5 Å². The Balaban J connectivity index is 1.54. The standard InChI is InChI=1S/C32H38ClN3O4S/c1-2-3-7-22-34-32(38)31(26-8-5-4-6-9-26)36(23-25-10-15-27(33)16-11-25)30(37)21-14-24-12-19-29(20-13-24)41(39,40)35-28-17-18-28/h4-6,8-13,15-16,19-20,28,31,35H,2-3,7,14,17-18,21-23H2,1H3,(H,34,38)/t31-/m1/s1. The number of amides is 2. The van der Waals surface area contributed by atoms with Crippen LogP contribution in [0.15, 0.2) is 83.8 Å². The van der Waals surface area contributed by atoms with Gasteiger partial charge in [0.15, 0.2) is 0 Å². The summed E-state index contributed by atoms with van der Waals surface area (Å²) in [6.07, 6.45) is 5.23. The third-order valence-corrected chi connectivity index (χ3v) is 8.89. The highest BCUT2D eigenvalue weighted by Crippen LogP contribution is 2.26. The first-order valence-corrected chi connectivity index (χ1v) is 16.1. The lowest BCUT2D eigenvalue weighted by atomic mass is 10.0. The van der Waals surface area contributed by atoms with Gasteiger partial charge < -0.3 is 10.2 Å². The summed E-state index contributed by atoms with van der Waals surface area (Å²) in [5.41, 5.74) is 2.44. The van der Waals surface area contributed by atoms with Crippen LogP contribution in [0.4, 0.5) is 0 Å². The van der Waals surface area contributed by atoms with E-state index in [9.17, 15) is 18.0 Å². The molecule has 1 atom stereocenters. The lowest BCUT2D eigenvalue weighted by Crippen LogP contribution is -2.43. The number of nitrogens with zero attached hydrogens (tertiary/aromatic N) is 1. The topological polar surface area (TPSA) is 95.6 Å². The van der Waals surface area contributed by atoms with Crippen molar-refractivity contribution in [2.24, 2.45) is 0 Å². The van der Waals surface area contributed by atoms with Crippen LogP contribution in [0.1, 0.15) is 68.2 Å². The molecular weight excluding hydrogens is 558 g/mol. The normalized spacial score (nSPS) is 13.9. The van der Waals surface area contributed by atoms with Crippen molar-refractivity contribution in [2.75, 3.05) is 6.54 Å². The average molecular weight is 596 g/mol. The Labute approximate surface area is 248 Å². The molecule has 0 spiro atoms. The molecule has 1 aliphatic carbocycles. The SMILES string of the molecule is CCCCCNC(=O)[C@@H](c1ccccc1)N(Cc1ccc(Cl)cc1)C(=O)CCc1ccc(S(=O)(=O)NC2CC2)cc1. The molecular formula is C32H38ClN3O4S. The Bertz CT molecular complexity index is 1390. The highest BCUT2D eigenvalue weighted by molar-refractivity contribution is 7.89. The van der Waals surface area contributed by atoms with Gasteiger partial charge in [0, 0.05) is 30.6 Å². The molecule has 0 heterocycles. The number of nitrogens with one attached hydrogen (secondary N) is 2. The molecule has 0 aromatic heterocycles. The minimum absolute atomic E-state index is 0.0327. The zero-order valence-corrected chi connectivity index (χ0v) is 25.0. The fourth-order valence-electron chi connectivity index (χ4n) is 4.62. The van der Waals surface area contributed by atoms with Gasteiger partial charge in [0.2, 0.25) is 21.8 Å². The molecule has 1 fully saturated rings. The van der Waals surface area contributed by atoms with Crippen LogP contribution in [0.3, 0.4) is 0 Å². The maximum absolute atomic E-state index is 13.9. The molecule has 4 rings (SSSR count). The smallest absolute Gasteiger partial charge is 0.247 e. The van der Waals surface area contributed by atoms with Crippen molar-refractivity contribution in [3.63, 3.8) is 0 Å². The molecule has 218 valence electrons. The highest BCUT2D eigenvalue weighted by atomic mass is 35.5. The number of carbonyl (C=O) groups excluding carboxylic acids is 2. The Morgan fingerprint density at radius 3 is 2.22 bits per heavy atom. The first-order chi connectivity index (χ1) is 19.8. The van der Waals surface area contributed by atoms with E-state index in [2.05, 4.69) is 17.0 Å². The molecule has 2 amide bonds. The predicted molar refractivity (Wildman–Crippen MR) is 162 cm³/mol. The van der Waals surface area contributed by atoms with Crippen molar-refractivity contribution in [2.45, 2.75) is 75.4 Å². The van der Waals surface area contributed by atoms with Crippen LogP contribution in [0.25, 0.3) is 0 Å². The van der Waals surface area contributed by atoms with Gasteiger partial charge in [-0.05, 0) is 66.6 Å². The summed E-state index contributed by atoms with van der Waals surface area (Å²) in [7, 11) is -3.54. The zero-order chi connectivity index (χ0) is 29.2. The Kier molecular flexibility index (Phi) is 11.0. The summed E-state index contributed by atoms with van der Waals surface area (Å²) < 4.78 is 27.7. The molecule has 0 aliphatic heterocycles. The monoisotopic (exact) mass is 595 g/mol. The molecule has 0 unspecified atom stereocenters. The molecule has 1 aliphatic rings. The molecule has 3 aromatic rings. The van der Waals surface area contributed by atoms with Crippen molar-refractivity contribution >= 4 is 33.4 Å². The van der Waals surface area contributed by atoms with Gasteiger partial charge in [0.25, 0.3) is 0 Å². The van der Waals surface area contributed by atoms with Gasteiger partial charge in [-0.25, -0.2) is 13.1 Å². The van der Waals surface area contributed by atoms with Gasteiger partial charge in [-0.15, -0.1) is 0 Å². The van der Waals surface area contributed by atoms with Crippen molar-refractivity contribution in [3.05, 3.63) is 101 Å². The number of halogens is 1. The summed E-state index contributed by atoms with van der Waals surface area (Å²) in [4.78, 5) is 29.3. The van der Waals surface area contributed by atoms with Crippen LogP contribution in [-0.4, -0.2) is 37.7 Å². The minimum atomic E-state index is -3.54. The van der Waals surface area contributed by atoms with Crippen LogP contribution >= 0.6 is 11.6 Å². The third-order valence-electron chi connectivity index (χ3n) is 7.10. The van der Waals surface area contributed by atoms with Crippen LogP contribution in [-0.2, 0) is 32.6 Å². The average Bonchev–Trinajstić information content (AvgIpc) is 3.79. The van der Waals surface area contributed by atoms with E-state index in [1.165, 1.54) is 0 Å². The second-order valence-corrected chi connectivity index (χ2v) is 12.6. The molecule has 2 N–H and O–H groups in total. The lowest BCUT2D eigenvalue weighted by molar-refractivity contribution is -0.141. The second kappa shape index (κ2) is 14.6. The second-order valence-electron chi connectivity index (χ2n) is 10.5. The molecule has 0 radical (unpaired) electrons.